The Morgan fingerprint density at radius 2 is 1.74 bits per heavy atom. The fourth-order valence-electron chi connectivity index (χ4n) is 4.39. The predicted molar refractivity (Wildman–Crippen MR) is 134 cm³/mol. The van der Waals surface area contributed by atoms with Crippen molar-refractivity contribution in [3.8, 4) is 11.4 Å². The van der Waals surface area contributed by atoms with E-state index < -0.39 is 0 Å². The number of aryl methyl sites for hydroxylation is 1. The van der Waals surface area contributed by atoms with Crippen LogP contribution in [0.25, 0.3) is 22.6 Å². The molecule has 1 aromatic carbocycles. The second kappa shape index (κ2) is 9.61. The third kappa shape index (κ3) is 4.49. The minimum Gasteiger partial charge on any atom is -0.322 e. The Labute approximate surface area is 199 Å². The summed E-state index contributed by atoms with van der Waals surface area (Å²) in [5, 5.41) is 3.08. The minimum atomic E-state index is -0.0295. The first-order valence-corrected chi connectivity index (χ1v) is 11.7. The van der Waals surface area contributed by atoms with Crippen LogP contribution < -0.4 is 5.32 Å². The number of urea groups is 1. The van der Waals surface area contributed by atoms with E-state index >= 15 is 0 Å². The molecule has 0 spiro atoms. The first-order valence-electron chi connectivity index (χ1n) is 11.7. The van der Waals surface area contributed by atoms with Crippen molar-refractivity contribution >= 4 is 22.9 Å². The van der Waals surface area contributed by atoms with Gasteiger partial charge in [0.2, 0.25) is 0 Å². The number of piperazine rings is 1. The van der Waals surface area contributed by atoms with Crippen molar-refractivity contribution in [3.63, 3.8) is 0 Å². The maximum absolute atomic E-state index is 12.8. The lowest BCUT2D eigenvalue weighted by molar-refractivity contribution is 0.145. The van der Waals surface area contributed by atoms with Gasteiger partial charge in [-0.1, -0.05) is 12.1 Å². The summed E-state index contributed by atoms with van der Waals surface area (Å²) in [7, 11) is 0. The van der Waals surface area contributed by atoms with Crippen molar-refractivity contribution in [2.24, 2.45) is 0 Å². The molecule has 34 heavy (non-hydrogen) atoms. The Bertz CT molecular complexity index is 1290. The number of amides is 2. The molecule has 1 aliphatic rings. The van der Waals surface area contributed by atoms with Crippen LogP contribution in [0.1, 0.15) is 11.1 Å². The fourth-order valence-corrected chi connectivity index (χ4v) is 4.39. The zero-order chi connectivity index (χ0) is 23.5. The summed E-state index contributed by atoms with van der Waals surface area (Å²) in [6.07, 6.45) is 5.38. The number of nitrogens with zero attached hydrogens (tertiary/aromatic N) is 6. The summed E-state index contributed by atoms with van der Waals surface area (Å²) < 4.78 is 2.18. The summed E-state index contributed by atoms with van der Waals surface area (Å²) in [6.45, 7) is 8.83. The summed E-state index contributed by atoms with van der Waals surface area (Å²) >= 11 is 0. The van der Waals surface area contributed by atoms with E-state index in [2.05, 4.69) is 37.7 Å². The van der Waals surface area contributed by atoms with Gasteiger partial charge in [-0.15, -0.1) is 0 Å². The highest BCUT2D eigenvalue weighted by atomic mass is 16.2. The first-order chi connectivity index (χ1) is 16.6. The maximum Gasteiger partial charge on any atom is 0.321 e. The van der Waals surface area contributed by atoms with Crippen molar-refractivity contribution in [1.29, 1.82) is 0 Å². The van der Waals surface area contributed by atoms with Crippen molar-refractivity contribution in [1.82, 2.24) is 29.3 Å². The molecule has 0 saturated carbocycles. The molecule has 0 aliphatic carbocycles. The highest BCUT2D eigenvalue weighted by Gasteiger charge is 2.22. The van der Waals surface area contributed by atoms with Crippen LogP contribution in [0.2, 0.25) is 0 Å². The van der Waals surface area contributed by atoms with E-state index in [1.165, 1.54) is 5.56 Å². The molecule has 8 nitrogen and oxygen atoms in total. The minimum absolute atomic E-state index is 0.0295. The highest BCUT2D eigenvalue weighted by Crippen LogP contribution is 2.23. The van der Waals surface area contributed by atoms with Gasteiger partial charge in [-0.2, -0.15) is 0 Å². The number of aromatic nitrogens is 4. The molecule has 4 heterocycles. The van der Waals surface area contributed by atoms with Crippen LogP contribution in [0.4, 0.5) is 10.5 Å². The number of nitrogens with one attached hydrogen (secondary N) is 1. The summed E-state index contributed by atoms with van der Waals surface area (Å²) in [4.78, 5) is 30.6. The van der Waals surface area contributed by atoms with Crippen molar-refractivity contribution in [2.45, 2.75) is 20.4 Å². The molecule has 1 fully saturated rings. The second-order valence-corrected chi connectivity index (χ2v) is 8.68. The standard InChI is InChI=1S/C26H29N7O/c1-19-5-3-6-22(20(19)2)30-26(34)32-16-13-31(14-17-32)15-18-33-24(21-8-11-27-12-9-21)29-23-7-4-10-28-25(23)33/h3-12H,13-18H2,1-2H3,(H,30,34). The van der Waals surface area contributed by atoms with Gasteiger partial charge in [0.25, 0.3) is 0 Å². The van der Waals surface area contributed by atoms with Gasteiger partial charge in [-0.25, -0.2) is 14.8 Å². The molecule has 0 atom stereocenters. The number of benzene rings is 1. The summed E-state index contributed by atoms with van der Waals surface area (Å²) in [5.41, 5.74) is 5.98. The van der Waals surface area contributed by atoms with Gasteiger partial charge in [0.1, 0.15) is 11.3 Å². The molecule has 1 N–H and O–H groups in total. The van der Waals surface area contributed by atoms with Gasteiger partial charge < -0.3 is 14.8 Å². The molecule has 1 aliphatic heterocycles. The molecule has 5 rings (SSSR count). The molecule has 4 aromatic rings. The molecule has 8 heteroatoms. The Kier molecular flexibility index (Phi) is 6.22. The van der Waals surface area contributed by atoms with Gasteiger partial charge in [0.05, 0.1) is 0 Å². The van der Waals surface area contributed by atoms with Crippen LogP contribution >= 0.6 is 0 Å². The van der Waals surface area contributed by atoms with Gasteiger partial charge >= 0.3 is 6.03 Å². The molecular formula is C26H29N7O. The van der Waals surface area contributed by atoms with Crippen LogP contribution in [0.5, 0.6) is 0 Å². The number of rotatable bonds is 5. The van der Waals surface area contributed by atoms with Gasteiger partial charge in [0, 0.05) is 69.1 Å². The van der Waals surface area contributed by atoms with Crippen molar-refractivity contribution in [3.05, 3.63) is 72.2 Å². The van der Waals surface area contributed by atoms with E-state index in [0.29, 0.717) is 13.1 Å². The topological polar surface area (TPSA) is 79.2 Å². The summed E-state index contributed by atoms with van der Waals surface area (Å²) in [5.74, 6) is 0.905. The SMILES string of the molecule is Cc1cccc(NC(=O)N2CCN(CCn3c(-c4ccncc4)nc4cccnc43)CC2)c1C. The Morgan fingerprint density at radius 3 is 2.53 bits per heavy atom. The van der Waals surface area contributed by atoms with Crippen LogP contribution in [-0.2, 0) is 6.54 Å². The van der Waals surface area contributed by atoms with E-state index in [1.54, 1.807) is 12.4 Å². The largest absolute Gasteiger partial charge is 0.322 e. The number of fused-ring (bicyclic) bond motifs is 1. The zero-order valence-electron chi connectivity index (χ0n) is 19.6. The maximum atomic E-state index is 12.8. The number of anilines is 1. The van der Waals surface area contributed by atoms with Gasteiger partial charge in [-0.05, 0) is 55.3 Å². The fraction of sp³-hybridized carbons (Fsp3) is 0.308. The Hall–Kier alpha value is -3.78. The highest BCUT2D eigenvalue weighted by molar-refractivity contribution is 5.90. The van der Waals surface area contributed by atoms with Gasteiger partial charge in [0.15, 0.2) is 5.65 Å². The van der Waals surface area contributed by atoms with Crippen molar-refractivity contribution in [2.75, 3.05) is 38.0 Å². The first kappa shape index (κ1) is 22.0. The number of imidazole rings is 1. The second-order valence-electron chi connectivity index (χ2n) is 8.68. The third-order valence-electron chi connectivity index (χ3n) is 6.59. The molecule has 174 valence electrons. The van der Waals surface area contributed by atoms with Crippen LogP contribution in [0.15, 0.2) is 61.1 Å². The third-order valence-corrected chi connectivity index (χ3v) is 6.59. The van der Waals surface area contributed by atoms with E-state index in [4.69, 9.17) is 4.98 Å². The number of carbonyl (C=O) groups is 1. The summed E-state index contributed by atoms with van der Waals surface area (Å²) in [6, 6.07) is 13.8. The smallest absolute Gasteiger partial charge is 0.321 e. The van der Waals surface area contributed by atoms with Gasteiger partial charge in [-0.3, -0.25) is 9.88 Å². The average molecular weight is 456 g/mol. The van der Waals surface area contributed by atoms with Crippen LogP contribution in [-0.4, -0.2) is 68.1 Å². The van der Waals surface area contributed by atoms with E-state index in [1.807, 2.05) is 54.4 Å². The molecule has 3 aromatic heterocycles. The number of hydrogen-bond donors (Lipinski definition) is 1. The monoisotopic (exact) mass is 455 g/mol. The van der Waals surface area contributed by atoms with E-state index in [-0.39, 0.29) is 6.03 Å². The average Bonchev–Trinajstić information content (AvgIpc) is 3.25. The number of pyridine rings is 2. The number of carbonyl (C=O) groups excluding carboxylic acids is 1. The Balaban J connectivity index is 1.22. The molecular weight excluding hydrogens is 426 g/mol. The lowest BCUT2D eigenvalue weighted by atomic mass is 10.1. The Morgan fingerprint density at radius 1 is 0.941 bits per heavy atom. The normalized spacial score (nSPS) is 14.5. The van der Waals surface area contributed by atoms with Crippen molar-refractivity contribution < 1.29 is 4.79 Å². The van der Waals surface area contributed by atoms with E-state index in [9.17, 15) is 4.79 Å². The quantitative estimate of drug-likeness (QED) is 0.493. The lowest BCUT2D eigenvalue weighted by Crippen LogP contribution is -2.50. The predicted octanol–water partition coefficient (Wildman–Crippen LogP) is 3.96. The molecule has 0 radical (unpaired) electrons. The molecule has 2 amide bonds. The van der Waals surface area contributed by atoms with Crippen LogP contribution in [0.3, 0.4) is 0 Å². The molecule has 0 unspecified atom stereocenters. The van der Waals surface area contributed by atoms with E-state index in [0.717, 1.165) is 60.0 Å². The lowest BCUT2D eigenvalue weighted by Gasteiger charge is -2.35. The number of hydrogen-bond acceptors (Lipinski definition) is 5. The zero-order valence-corrected chi connectivity index (χ0v) is 19.6. The molecule has 0 bridgehead atoms. The van der Waals surface area contributed by atoms with Crippen LogP contribution in [0, 0.1) is 13.8 Å². The molecule has 1 saturated heterocycles.